The van der Waals surface area contributed by atoms with Crippen LogP contribution in [0, 0.1) is 13.8 Å². The molecule has 2 rings (SSSR count). The second kappa shape index (κ2) is 5.83. The number of aryl methyl sites for hydroxylation is 2. The maximum Gasteiger partial charge on any atom is 0.138 e. The zero-order valence-electron chi connectivity index (χ0n) is 11.2. The molecule has 0 bridgehead atoms. The van der Waals surface area contributed by atoms with Crippen LogP contribution in [-0.4, -0.2) is 5.16 Å². The van der Waals surface area contributed by atoms with E-state index in [0.717, 1.165) is 24.4 Å². The van der Waals surface area contributed by atoms with Crippen LogP contribution < -0.4 is 5.32 Å². The van der Waals surface area contributed by atoms with Gasteiger partial charge in [-0.1, -0.05) is 42.4 Å². The first kappa shape index (κ1) is 12.8. The van der Waals surface area contributed by atoms with Crippen molar-refractivity contribution in [1.82, 2.24) is 10.5 Å². The Labute approximate surface area is 108 Å². The highest BCUT2D eigenvalue weighted by molar-refractivity contribution is 5.22. The summed E-state index contributed by atoms with van der Waals surface area (Å²) >= 11 is 0. The Morgan fingerprint density at radius 3 is 2.50 bits per heavy atom. The maximum absolute atomic E-state index is 5.18. The molecule has 0 aliphatic heterocycles. The monoisotopic (exact) mass is 244 g/mol. The highest BCUT2D eigenvalue weighted by Crippen LogP contribution is 2.18. The van der Waals surface area contributed by atoms with E-state index >= 15 is 0 Å². The number of nitrogens with zero attached hydrogens (tertiary/aromatic N) is 1. The van der Waals surface area contributed by atoms with E-state index in [9.17, 15) is 0 Å². The third-order valence-electron chi connectivity index (χ3n) is 3.32. The van der Waals surface area contributed by atoms with E-state index in [1.165, 1.54) is 11.1 Å². The van der Waals surface area contributed by atoms with Crippen molar-refractivity contribution in [2.45, 2.75) is 39.8 Å². The second-order valence-corrected chi connectivity index (χ2v) is 4.56. The first-order valence-electron chi connectivity index (χ1n) is 6.42. The lowest BCUT2D eigenvalue weighted by Crippen LogP contribution is -2.20. The standard InChI is InChI=1S/C15H20N2O/c1-4-15(13-8-6-5-7-9-13)16-10-14-11(2)17-18-12(14)3/h5-9,15-16H,4,10H2,1-3H3. The van der Waals surface area contributed by atoms with Gasteiger partial charge < -0.3 is 9.84 Å². The first-order chi connectivity index (χ1) is 8.72. The molecular formula is C15H20N2O. The molecule has 2 aromatic rings. The minimum absolute atomic E-state index is 0.375. The second-order valence-electron chi connectivity index (χ2n) is 4.56. The van der Waals surface area contributed by atoms with Crippen LogP contribution in [0.3, 0.4) is 0 Å². The first-order valence-corrected chi connectivity index (χ1v) is 6.42. The summed E-state index contributed by atoms with van der Waals surface area (Å²) in [6.07, 6.45) is 1.06. The Hall–Kier alpha value is -1.61. The summed E-state index contributed by atoms with van der Waals surface area (Å²) in [5, 5.41) is 7.55. The lowest BCUT2D eigenvalue weighted by Gasteiger charge is -2.17. The van der Waals surface area contributed by atoms with Gasteiger partial charge in [0.15, 0.2) is 0 Å². The topological polar surface area (TPSA) is 38.1 Å². The van der Waals surface area contributed by atoms with Crippen molar-refractivity contribution in [2.75, 3.05) is 0 Å². The molecule has 96 valence electrons. The van der Waals surface area contributed by atoms with Gasteiger partial charge in [0.25, 0.3) is 0 Å². The van der Waals surface area contributed by atoms with Crippen molar-refractivity contribution in [3.05, 3.63) is 52.9 Å². The predicted molar refractivity (Wildman–Crippen MR) is 72.3 cm³/mol. The fourth-order valence-corrected chi connectivity index (χ4v) is 2.16. The van der Waals surface area contributed by atoms with E-state index in [4.69, 9.17) is 4.52 Å². The number of hydrogen-bond acceptors (Lipinski definition) is 3. The SMILES string of the molecule is CCC(NCc1c(C)noc1C)c1ccccc1. The predicted octanol–water partition coefficient (Wildman–Crippen LogP) is 3.53. The molecule has 0 fully saturated rings. The molecule has 3 nitrogen and oxygen atoms in total. The van der Waals surface area contributed by atoms with Crippen molar-refractivity contribution >= 4 is 0 Å². The van der Waals surface area contributed by atoms with Gasteiger partial charge >= 0.3 is 0 Å². The molecule has 1 atom stereocenters. The van der Waals surface area contributed by atoms with Crippen molar-refractivity contribution < 1.29 is 4.52 Å². The Morgan fingerprint density at radius 1 is 1.22 bits per heavy atom. The summed E-state index contributed by atoms with van der Waals surface area (Å²) in [6, 6.07) is 10.9. The molecular weight excluding hydrogens is 224 g/mol. The Kier molecular flexibility index (Phi) is 4.15. The summed E-state index contributed by atoms with van der Waals surface area (Å²) in [5.41, 5.74) is 3.47. The van der Waals surface area contributed by atoms with Crippen LogP contribution >= 0.6 is 0 Å². The lowest BCUT2D eigenvalue weighted by molar-refractivity contribution is 0.391. The van der Waals surface area contributed by atoms with Gasteiger partial charge in [0.2, 0.25) is 0 Å². The van der Waals surface area contributed by atoms with Crippen molar-refractivity contribution in [3.8, 4) is 0 Å². The summed E-state index contributed by atoms with van der Waals surface area (Å²) in [7, 11) is 0. The minimum atomic E-state index is 0.375. The van der Waals surface area contributed by atoms with E-state index in [0.29, 0.717) is 6.04 Å². The smallest absolute Gasteiger partial charge is 0.138 e. The van der Waals surface area contributed by atoms with Crippen molar-refractivity contribution in [3.63, 3.8) is 0 Å². The molecule has 0 saturated carbocycles. The number of rotatable bonds is 5. The quantitative estimate of drug-likeness (QED) is 0.874. The number of benzene rings is 1. The number of aromatic nitrogens is 1. The number of hydrogen-bond donors (Lipinski definition) is 1. The molecule has 18 heavy (non-hydrogen) atoms. The average Bonchev–Trinajstić information content (AvgIpc) is 2.72. The van der Waals surface area contributed by atoms with Gasteiger partial charge in [0.1, 0.15) is 5.76 Å². The molecule has 0 aliphatic rings. The Balaban J connectivity index is 2.04. The zero-order valence-corrected chi connectivity index (χ0v) is 11.2. The van der Waals surface area contributed by atoms with Gasteiger partial charge in [-0.2, -0.15) is 0 Å². The van der Waals surface area contributed by atoms with Gasteiger partial charge in [0.05, 0.1) is 5.69 Å². The van der Waals surface area contributed by atoms with Crippen molar-refractivity contribution in [2.24, 2.45) is 0 Å². The molecule has 1 aromatic carbocycles. The summed E-state index contributed by atoms with van der Waals surface area (Å²) in [6.45, 7) is 6.93. The van der Waals surface area contributed by atoms with Gasteiger partial charge in [-0.05, 0) is 25.8 Å². The van der Waals surface area contributed by atoms with E-state index in [-0.39, 0.29) is 0 Å². The molecule has 0 amide bonds. The molecule has 1 heterocycles. The van der Waals surface area contributed by atoms with Crippen LogP contribution in [-0.2, 0) is 6.54 Å². The molecule has 1 aromatic heterocycles. The lowest BCUT2D eigenvalue weighted by atomic mass is 10.0. The van der Waals surface area contributed by atoms with Crippen LogP contribution in [0.4, 0.5) is 0 Å². The average molecular weight is 244 g/mol. The molecule has 0 spiro atoms. The van der Waals surface area contributed by atoms with Gasteiger partial charge in [-0.25, -0.2) is 0 Å². The largest absolute Gasteiger partial charge is 0.361 e. The summed E-state index contributed by atoms with van der Waals surface area (Å²) < 4.78 is 5.18. The zero-order chi connectivity index (χ0) is 13.0. The van der Waals surface area contributed by atoms with E-state index in [2.05, 4.69) is 41.7 Å². The molecule has 0 saturated heterocycles. The van der Waals surface area contributed by atoms with Crippen LogP contribution in [0.15, 0.2) is 34.9 Å². The van der Waals surface area contributed by atoms with E-state index in [1.807, 2.05) is 19.9 Å². The highest BCUT2D eigenvalue weighted by Gasteiger charge is 2.12. The molecule has 0 aliphatic carbocycles. The van der Waals surface area contributed by atoms with E-state index in [1.54, 1.807) is 0 Å². The van der Waals surface area contributed by atoms with Crippen LogP contribution in [0.5, 0.6) is 0 Å². The number of nitrogens with one attached hydrogen (secondary N) is 1. The van der Waals surface area contributed by atoms with Crippen LogP contribution in [0.1, 0.15) is 42.0 Å². The third kappa shape index (κ3) is 2.79. The Bertz CT molecular complexity index is 471. The molecule has 3 heteroatoms. The molecule has 1 N–H and O–H groups in total. The van der Waals surface area contributed by atoms with Gasteiger partial charge in [-0.3, -0.25) is 0 Å². The summed E-state index contributed by atoms with van der Waals surface area (Å²) in [4.78, 5) is 0. The minimum Gasteiger partial charge on any atom is -0.361 e. The normalized spacial score (nSPS) is 12.6. The van der Waals surface area contributed by atoms with Crippen LogP contribution in [0.25, 0.3) is 0 Å². The van der Waals surface area contributed by atoms with Gasteiger partial charge in [0, 0.05) is 18.2 Å². The maximum atomic E-state index is 5.18. The van der Waals surface area contributed by atoms with E-state index < -0.39 is 0 Å². The van der Waals surface area contributed by atoms with Gasteiger partial charge in [-0.15, -0.1) is 0 Å². The third-order valence-corrected chi connectivity index (χ3v) is 3.32. The fraction of sp³-hybridized carbons (Fsp3) is 0.400. The van der Waals surface area contributed by atoms with Crippen LogP contribution in [0.2, 0.25) is 0 Å². The fourth-order valence-electron chi connectivity index (χ4n) is 2.16. The summed E-state index contributed by atoms with van der Waals surface area (Å²) in [5.74, 6) is 0.905. The highest BCUT2D eigenvalue weighted by atomic mass is 16.5. The van der Waals surface area contributed by atoms with Crippen molar-refractivity contribution in [1.29, 1.82) is 0 Å². The Morgan fingerprint density at radius 2 is 1.94 bits per heavy atom. The molecule has 1 unspecified atom stereocenters. The molecule has 0 radical (unpaired) electrons.